The molecule has 0 spiro atoms. The zero-order valence-corrected chi connectivity index (χ0v) is 15.0. The van der Waals surface area contributed by atoms with Gasteiger partial charge in [-0.1, -0.05) is 25.2 Å². The third kappa shape index (κ3) is 4.53. The number of hydrogen-bond donors (Lipinski definition) is 1. The summed E-state index contributed by atoms with van der Waals surface area (Å²) in [5.74, 6) is -0.444. The first-order valence-corrected chi connectivity index (χ1v) is 9.70. The summed E-state index contributed by atoms with van der Waals surface area (Å²) in [5.41, 5.74) is 1.00. The maximum Gasteiger partial charge on any atom is 0.243 e. The minimum absolute atomic E-state index is 0.124. The quantitative estimate of drug-likeness (QED) is 0.782. The molecule has 1 aromatic carbocycles. The monoisotopic (exact) mass is 352 g/mol. The van der Waals surface area contributed by atoms with E-state index in [4.69, 9.17) is 0 Å². The summed E-state index contributed by atoms with van der Waals surface area (Å²) < 4.78 is 40.9. The van der Waals surface area contributed by atoms with Crippen LogP contribution in [0.4, 0.5) is 4.39 Å². The molecular formula is C18H25FN2O2S. The van der Waals surface area contributed by atoms with Crippen molar-refractivity contribution in [3.05, 3.63) is 53.9 Å². The van der Waals surface area contributed by atoms with Gasteiger partial charge in [-0.3, -0.25) is 0 Å². The van der Waals surface area contributed by atoms with Crippen molar-refractivity contribution in [1.82, 2.24) is 9.62 Å². The molecular weight excluding hydrogens is 327 g/mol. The maximum absolute atomic E-state index is 13.2. The first-order chi connectivity index (χ1) is 11.5. The van der Waals surface area contributed by atoms with Crippen LogP contribution >= 0.6 is 0 Å². The van der Waals surface area contributed by atoms with Crippen molar-refractivity contribution >= 4 is 10.0 Å². The zero-order chi connectivity index (χ0) is 17.6. The molecule has 4 nitrogen and oxygen atoms in total. The van der Waals surface area contributed by atoms with Crippen LogP contribution in [0.2, 0.25) is 0 Å². The smallest absolute Gasteiger partial charge is 0.243 e. The summed E-state index contributed by atoms with van der Waals surface area (Å²) in [6.07, 6.45) is 8.75. The Morgan fingerprint density at radius 2 is 1.96 bits per heavy atom. The Hall–Kier alpha value is -1.50. The highest BCUT2D eigenvalue weighted by Crippen LogP contribution is 2.23. The molecule has 0 heterocycles. The Kier molecular flexibility index (Phi) is 6.71. The van der Waals surface area contributed by atoms with Crippen LogP contribution in [0.25, 0.3) is 0 Å². The Bertz CT molecular complexity index is 696. The molecule has 0 bridgehead atoms. The average molecular weight is 352 g/mol. The van der Waals surface area contributed by atoms with E-state index in [0.29, 0.717) is 19.5 Å². The molecule has 1 aromatic rings. The molecule has 0 aromatic heterocycles. The summed E-state index contributed by atoms with van der Waals surface area (Å²) in [4.78, 5) is 0.124. The summed E-state index contributed by atoms with van der Waals surface area (Å²) in [6, 6.07) is 4.86. The molecule has 1 aliphatic carbocycles. The van der Waals surface area contributed by atoms with Crippen LogP contribution in [0.5, 0.6) is 0 Å². The van der Waals surface area contributed by atoms with E-state index < -0.39 is 15.8 Å². The van der Waals surface area contributed by atoms with Crippen molar-refractivity contribution in [1.29, 1.82) is 0 Å². The van der Waals surface area contributed by atoms with Crippen LogP contribution in [-0.2, 0) is 10.0 Å². The summed E-state index contributed by atoms with van der Waals surface area (Å²) in [7, 11) is -1.89. The molecule has 0 saturated heterocycles. The Morgan fingerprint density at radius 3 is 2.50 bits per heavy atom. The number of nitrogens with one attached hydrogen (secondary N) is 1. The number of benzene rings is 1. The first-order valence-electron chi connectivity index (χ1n) is 8.26. The van der Waals surface area contributed by atoms with E-state index >= 15 is 0 Å². The van der Waals surface area contributed by atoms with E-state index in [1.165, 1.54) is 28.6 Å². The molecule has 0 fully saturated rings. The van der Waals surface area contributed by atoms with Gasteiger partial charge in [0.05, 0.1) is 4.90 Å². The fraction of sp³-hybridized carbons (Fsp3) is 0.444. The number of halogens is 1. The van der Waals surface area contributed by atoms with Crippen molar-refractivity contribution in [2.45, 2.75) is 37.1 Å². The summed E-state index contributed by atoms with van der Waals surface area (Å²) in [5, 5.41) is 3.07. The van der Waals surface area contributed by atoms with Gasteiger partial charge in [0.15, 0.2) is 0 Å². The molecule has 132 valence electrons. The van der Waals surface area contributed by atoms with E-state index in [9.17, 15) is 12.8 Å². The number of likely N-dealkylation sites (N-methyl/N-ethyl adjacent to an activating group) is 1. The molecule has 0 amide bonds. The molecule has 0 saturated carbocycles. The zero-order valence-electron chi connectivity index (χ0n) is 14.2. The van der Waals surface area contributed by atoms with Crippen LogP contribution in [0, 0.1) is 5.82 Å². The standard InChI is InChI=1S/C18H25FN2O2S/c1-3-17(13-20-2)21(14-15-7-5-4-6-8-15)24(22,23)18-11-9-16(19)10-12-18/h5,7-12,17,20H,3-4,6,13-14H2,1-2H3. The van der Waals surface area contributed by atoms with Gasteiger partial charge in [0.25, 0.3) is 0 Å². The normalized spacial score (nSPS) is 16.2. The maximum atomic E-state index is 13.2. The lowest BCUT2D eigenvalue weighted by Gasteiger charge is -2.31. The predicted octanol–water partition coefficient (Wildman–Crippen LogP) is 3.09. The highest BCUT2D eigenvalue weighted by molar-refractivity contribution is 7.89. The Labute approximate surface area is 144 Å². The van der Waals surface area contributed by atoms with Crippen LogP contribution in [-0.4, -0.2) is 38.9 Å². The second kappa shape index (κ2) is 8.55. The highest BCUT2D eigenvalue weighted by atomic mass is 32.2. The van der Waals surface area contributed by atoms with Crippen molar-refractivity contribution < 1.29 is 12.8 Å². The van der Waals surface area contributed by atoms with Gasteiger partial charge in [-0.2, -0.15) is 4.31 Å². The lowest BCUT2D eigenvalue weighted by atomic mass is 10.1. The highest BCUT2D eigenvalue weighted by Gasteiger charge is 2.30. The van der Waals surface area contributed by atoms with E-state index in [-0.39, 0.29) is 10.9 Å². The summed E-state index contributed by atoms with van der Waals surface area (Å²) in [6.45, 7) is 2.87. The van der Waals surface area contributed by atoms with Crippen LogP contribution < -0.4 is 5.32 Å². The molecule has 0 aliphatic heterocycles. The summed E-state index contributed by atoms with van der Waals surface area (Å²) >= 11 is 0. The second-order valence-corrected chi connectivity index (χ2v) is 7.77. The lowest BCUT2D eigenvalue weighted by molar-refractivity contribution is 0.323. The minimum Gasteiger partial charge on any atom is -0.318 e. The van der Waals surface area contributed by atoms with E-state index in [1.807, 2.05) is 20.0 Å². The first kappa shape index (κ1) is 18.8. The third-order valence-corrected chi connectivity index (χ3v) is 6.06. The number of rotatable bonds is 8. The Morgan fingerprint density at radius 1 is 1.25 bits per heavy atom. The largest absolute Gasteiger partial charge is 0.318 e. The SMILES string of the molecule is CCC(CNC)N(CC1=CCCC=C1)S(=O)(=O)c1ccc(F)cc1. The molecule has 0 radical (unpaired) electrons. The average Bonchev–Trinajstić information content (AvgIpc) is 2.59. The van der Waals surface area contributed by atoms with Gasteiger partial charge in [0.1, 0.15) is 5.82 Å². The molecule has 1 aliphatic rings. The predicted molar refractivity (Wildman–Crippen MR) is 94.8 cm³/mol. The molecule has 1 unspecified atom stereocenters. The van der Waals surface area contributed by atoms with Gasteiger partial charge >= 0.3 is 0 Å². The third-order valence-electron chi connectivity index (χ3n) is 4.15. The van der Waals surface area contributed by atoms with Gasteiger partial charge in [-0.25, -0.2) is 12.8 Å². The lowest BCUT2D eigenvalue weighted by Crippen LogP contribution is -2.45. The number of nitrogens with zero attached hydrogens (tertiary/aromatic N) is 1. The molecule has 6 heteroatoms. The molecule has 2 rings (SSSR count). The van der Waals surface area contributed by atoms with Gasteiger partial charge in [0.2, 0.25) is 10.0 Å². The van der Waals surface area contributed by atoms with Crippen molar-refractivity contribution in [2.24, 2.45) is 0 Å². The second-order valence-electron chi connectivity index (χ2n) is 5.88. The van der Waals surface area contributed by atoms with Crippen LogP contribution in [0.15, 0.2) is 53.0 Å². The van der Waals surface area contributed by atoms with Crippen molar-refractivity contribution in [3.8, 4) is 0 Å². The van der Waals surface area contributed by atoms with Crippen LogP contribution in [0.1, 0.15) is 26.2 Å². The van der Waals surface area contributed by atoms with Gasteiger partial charge in [-0.15, -0.1) is 0 Å². The van der Waals surface area contributed by atoms with E-state index in [1.54, 1.807) is 0 Å². The van der Waals surface area contributed by atoms with Gasteiger partial charge < -0.3 is 5.32 Å². The van der Waals surface area contributed by atoms with Gasteiger partial charge in [-0.05, 0) is 56.1 Å². The fourth-order valence-corrected chi connectivity index (χ4v) is 4.49. The topological polar surface area (TPSA) is 49.4 Å². The number of sulfonamides is 1. The molecule has 1 N–H and O–H groups in total. The van der Waals surface area contributed by atoms with Crippen molar-refractivity contribution in [2.75, 3.05) is 20.1 Å². The van der Waals surface area contributed by atoms with E-state index in [2.05, 4.69) is 17.5 Å². The fourth-order valence-electron chi connectivity index (χ4n) is 2.80. The van der Waals surface area contributed by atoms with Crippen molar-refractivity contribution in [3.63, 3.8) is 0 Å². The van der Waals surface area contributed by atoms with Gasteiger partial charge in [0, 0.05) is 19.1 Å². The number of allylic oxidation sites excluding steroid dienone is 2. The van der Waals surface area contributed by atoms with E-state index in [0.717, 1.165) is 18.4 Å². The minimum atomic E-state index is -3.70. The Balaban J connectivity index is 2.37. The number of hydrogen-bond acceptors (Lipinski definition) is 3. The van der Waals surface area contributed by atoms with Crippen LogP contribution in [0.3, 0.4) is 0 Å². The molecule has 1 atom stereocenters. The molecule has 24 heavy (non-hydrogen) atoms.